The number of hydrogen-bond donors (Lipinski definition) is 2. The molecule has 186 valence electrons. The fourth-order valence-electron chi connectivity index (χ4n) is 3.53. The molecule has 0 saturated heterocycles. The van der Waals surface area contributed by atoms with Crippen LogP contribution in [-0.2, 0) is 24.8 Å². The molecule has 0 aliphatic carbocycles. The van der Waals surface area contributed by atoms with E-state index in [4.69, 9.17) is 0 Å². The number of sulfonamides is 2. The van der Waals surface area contributed by atoms with Crippen molar-refractivity contribution in [2.75, 3.05) is 27.1 Å². The lowest BCUT2D eigenvalue weighted by molar-refractivity contribution is -0.114. The monoisotopic (exact) mass is 525 g/mol. The number of aryl methyl sites for hydroxylation is 1. The van der Waals surface area contributed by atoms with Crippen LogP contribution in [0.5, 0.6) is 0 Å². The highest BCUT2D eigenvalue weighted by atomic mass is 32.2. The summed E-state index contributed by atoms with van der Waals surface area (Å²) in [6.45, 7) is 1.25. The molecule has 2 N–H and O–H groups in total. The standard InChI is InChI=1S/C24H23N5O5S2/c1-17-14-15-25-24(26-17)28-36(33,34)20-12-10-19(11-13-20)27-23(30)16-29(35(2,31)32)22-9-5-7-18-6-3-4-8-21(18)22/h3-15H,16H2,1-2H3,(H,27,30)(H,25,26,28). The van der Waals surface area contributed by atoms with E-state index in [2.05, 4.69) is 20.0 Å². The maximum absolute atomic E-state index is 12.8. The van der Waals surface area contributed by atoms with Gasteiger partial charge in [0.2, 0.25) is 21.9 Å². The van der Waals surface area contributed by atoms with Crippen molar-refractivity contribution in [1.82, 2.24) is 9.97 Å². The average Bonchev–Trinajstić information content (AvgIpc) is 2.82. The van der Waals surface area contributed by atoms with Crippen LogP contribution in [0, 0.1) is 6.92 Å². The third-order valence-corrected chi connectivity index (χ3v) is 7.66. The number of nitrogens with zero attached hydrogens (tertiary/aromatic N) is 3. The van der Waals surface area contributed by atoms with E-state index in [0.717, 1.165) is 15.9 Å². The van der Waals surface area contributed by atoms with E-state index in [0.29, 0.717) is 22.5 Å². The Hall–Kier alpha value is -4.03. The smallest absolute Gasteiger partial charge is 0.264 e. The summed E-state index contributed by atoms with van der Waals surface area (Å²) in [6, 6.07) is 19.6. The molecular weight excluding hydrogens is 502 g/mol. The molecule has 0 unspecified atom stereocenters. The number of anilines is 3. The first-order chi connectivity index (χ1) is 17.0. The molecule has 0 saturated carbocycles. The number of carbonyl (C=O) groups excluding carboxylic acids is 1. The van der Waals surface area contributed by atoms with Crippen molar-refractivity contribution in [2.24, 2.45) is 0 Å². The average molecular weight is 526 g/mol. The molecule has 0 fully saturated rings. The van der Waals surface area contributed by atoms with Crippen LogP contribution in [-0.4, -0.2) is 45.5 Å². The predicted molar refractivity (Wildman–Crippen MR) is 139 cm³/mol. The lowest BCUT2D eigenvalue weighted by atomic mass is 10.1. The minimum atomic E-state index is -3.95. The van der Waals surface area contributed by atoms with Crippen molar-refractivity contribution in [3.63, 3.8) is 0 Å². The summed E-state index contributed by atoms with van der Waals surface area (Å²) in [5.74, 6) is -0.642. The molecule has 3 aromatic carbocycles. The summed E-state index contributed by atoms with van der Waals surface area (Å²) in [6.07, 6.45) is 2.48. The lowest BCUT2D eigenvalue weighted by Gasteiger charge is -2.23. The van der Waals surface area contributed by atoms with Gasteiger partial charge in [-0.3, -0.25) is 9.10 Å². The highest BCUT2D eigenvalue weighted by Crippen LogP contribution is 2.28. The first-order valence-electron chi connectivity index (χ1n) is 10.7. The van der Waals surface area contributed by atoms with Gasteiger partial charge in [-0.25, -0.2) is 31.5 Å². The highest BCUT2D eigenvalue weighted by molar-refractivity contribution is 7.92. The largest absolute Gasteiger partial charge is 0.325 e. The van der Waals surface area contributed by atoms with Crippen molar-refractivity contribution in [2.45, 2.75) is 11.8 Å². The molecule has 1 heterocycles. The van der Waals surface area contributed by atoms with E-state index >= 15 is 0 Å². The summed E-state index contributed by atoms with van der Waals surface area (Å²) in [5.41, 5.74) is 1.29. The zero-order valence-corrected chi connectivity index (χ0v) is 21.0. The van der Waals surface area contributed by atoms with Crippen molar-refractivity contribution < 1.29 is 21.6 Å². The van der Waals surface area contributed by atoms with Crippen LogP contribution in [0.15, 0.2) is 83.9 Å². The van der Waals surface area contributed by atoms with Crippen LogP contribution in [0.4, 0.5) is 17.3 Å². The number of hydrogen-bond acceptors (Lipinski definition) is 7. The first-order valence-corrected chi connectivity index (χ1v) is 14.0. The summed E-state index contributed by atoms with van der Waals surface area (Å²) in [7, 11) is -7.73. The van der Waals surface area contributed by atoms with Gasteiger partial charge in [0.05, 0.1) is 16.8 Å². The molecule has 0 radical (unpaired) electrons. The Balaban J connectivity index is 1.50. The minimum absolute atomic E-state index is 0.0540. The Labute approximate surface area is 209 Å². The Kier molecular flexibility index (Phi) is 6.91. The molecule has 0 atom stereocenters. The number of fused-ring (bicyclic) bond motifs is 1. The van der Waals surface area contributed by atoms with Crippen LogP contribution >= 0.6 is 0 Å². The second-order valence-corrected chi connectivity index (χ2v) is 11.6. The van der Waals surface area contributed by atoms with E-state index in [1.165, 1.54) is 30.5 Å². The molecule has 12 heteroatoms. The molecule has 0 aliphatic heterocycles. The fraction of sp³-hybridized carbons (Fsp3) is 0.125. The van der Waals surface area contributed by atoms with Crippen molar-refractivity contribution in [3.05, 3.63) is 84.7 Å². The fourth-order valence-corrected chi connectivity index (χ4v) is 5.35. The number of amides is 1. The van der Waals surface area contributed by atoms with Crippen molar-refractivity contribution >= 4 is 54.0 Å². The normalized spacial score (nSPS) is 11.7. The second kappa shape index (κ2) is 9.91. The Morgan fingerprint density at radius 2 is 1.61 bits per heavy atom. The van der Waals surface area contributed by atoms with Gasteiger partial charge in [-0.2, -0.15) is 0 Å². The molecule has 0 aliphatic rings. The number of benzene rings is 3. The number of carbonyl (C=O) groups is 1. The zero-order chi connectivity index (χ0) is 25.9. The Bertz CT molecular complexity index is 1630. The topological polar surface area (TPSA) is 138 Å². The van der Waals surface area contributed by atoms with Crippen LogP contribution in [0.1, 0.15) is 5.69 Å². The predicted octanol–water partition coefficient (Wildman–Crippen LogP) is 3.14. The molecule has 10 nitrogen and oxygen atoms in total. The molecular formula is C24H23N5O5S2. The lowest BCUT2D eigenvalue weighted by Crippen LogP contribution is -2.37. The number of nitrogens with one attached hydrogen (secondary N) is 2. The molecule has 0 spiro atoms. The number of rotatable bonds is 8. The van der Waals surface area contributed by atoms with Crippen LogP contribution in [0.3, 0.4) is 0 Å². The van der Waals surface area contributed by atoms with E-state index in [1.54, 1.807) is 37.3 Å². The van der Waals surface area contributed by atoms with Gasteiger partial charge < -0.3 is 5.32 Å². The van der Waals surface area contributed by atoms with E-state index < -0.39 is 32.5 Å². The molecule has 1 aromatic heterocycles. The van der Waals surface area contributed by atoms with E-state index in [-0.39, 0.29) is 10.8 Å². The van der Waals surface area contributed by atoms with Gasteiger partial charge in [0.25, 0.3) is 10.0 Å². The second-order valence-electron chi connectivity index (χ2n) is 7.97. The third-order valence-electron chi connectivity index (χ3n) is 5.19. The van der Waals surface area contributed by atoms with Gasteiger partial charge in [0.1, 0.15) is 6.54 Å². The summed E-state index contributed by atoms with van der Waals surface area (Å²) < 4.78 is 53.7. The highest BCUT2D eigenvalue weighted by Gasteiger charge is 2.23. The van der Waals surface area contributed by atoms with Gasteiger partial charge in [-0.1, -0.05) is 36.4 Å². The van der Waals surface area contributed by atoms with E-state index in [1.807, 2.05) is 18.2 Å². The third kappa shape index (κ3) is 5.78. The molecule has 4 rings (SSSR count). The van der Waals surface area contributed by atoms with E-state index in [9.17, 15) is 21.6 Å². The van der Waals surface area contributed by atoms with Gasteiger partial charge >= 0.3 is 0 Å². The Morgan fingerprint density at radius 3 is 2.31 bits per heavy atom. The van der Waals surface area contributed by atoms with Gasteiger partial charge in [0.15, 0.2) is 0 Å². The zero-order valence-electron chi connectivity index (χ0n) is 19.4. The summed E-state index contributed by atoms with van der Waals surface area (Å²) in [5, 5.41) is 4.14. The van der Waals surface area contributed by atoms with Gasteiger partial charge in [-0.05, 0) is 48.7 Å². The Morgan fingerprint density at radius 1 is 0.917 bits per heavy atom. The van der Waals surface area contributed by atoms with Crippen molar-refractivity contribution in [3.8, 4) is 0 Å². The maximum atomic E-state index is 12.8. The van der Waals surface area contributed by atoms with Crippen LogP contribution in [0.25, 0.3) is 10.8 Å². The van der Waals surface area contributed by atoms with Crippen LogP contribution in [0.2, 0.25) is 0 Å². The van der Waals surface area contributed by atoms with Crippen molar-refractivity contribution in [1.29, 1.82) is 0 Å². The number of aromatic nitrogens is 2. The quantitative estimate of drug-likeness (QED) is 0.360. The first kappa shape index (κ1) is 25.1. The summed E-state index contributed by atoms with van der Waals surface area (Å²) >= 11 is 0. The molecule has 36 heavy (non-hydrogen) atoms. The molecule has 1 amide bonds. The SMILES string of the molecule is Cc1ccnc(NS(=O)(=O)c2ccc(NC(=O)CN(c3cccc4ccccc34)S(C)(=O)=O)cc2)n1. The van der Waals surface area contributed by atoms with Gasteiger partial charge in [-0.15, -0.1) is 0 Å². The maximum Gasteiger partial charge on any atom is 0.264 e. The molecule has 4 aromatic rings. The van der Waals surface area contributed by atoms with Crippen LogP contribution < -0.4 is 14.3 Å². The van der Waals surface area contributed by atoms with Gasteiger partial charge in [0, 0.05) is 23.0 Å². The summed E-state index contributed by atoms with van der Waals surface area (Å²) in [4.78, 5) is 20.6. The minimum Gasteiger partial charge on any atom is -0.325 e. The molecule has 0 bridgehead atoms.